The van der Waals surface area contributed by atoms with E-state index in [1.54, 1.807) is 31.2 Å². The summed E-state index contributed by atoms with van der Waals surface area (Å²) in [5, 5.41) is 15.3. The molecule has 0 aliphatic heterocycles. The van der Waals surface area contributed by atoms with Gasteiger partial charge in [0, 0.05) is 18.7 Å². The number of benzene rings is 2. The van der Waals surface area contributed by atoms with Crippen molar-refractivity contribution in [3.8, 4) is 22.6 Å². The fourth-order valence-electron chi connectivity index (χ4n) is 3.11. The van der Waals surface area contributed by atoms with Gasteiger partial charge in [-0.2, -0.15) is 0 Å². The molecule has 1 atom stereocenters. The molecule has 4 aromatic rings. The van der Waals surface area contributed by atoms with Crippen LogP contribution >= 0.6 is 0 Å². The van der Waals surface area contributed by atoms with E-state index in [0.29, 0.717) is 16.9 Å². The van der Waals surface area contributed by atoms with Crippen LogP contribution in [-0.2, 0) is 0 Å². The molecule has 1 amide bonds. The summed E-state index contributed by atoms with van der Waals surface area (Å²) in [7, 11) is 3.36. The zero-order valence-electron chi connectivity index (χ0n) is 16.8. The summed E-state index contributed by atoms with van der Waals surface area (Å²) in [5.74, 6) is 0.600. The smallest absolute Gasteiger partial charge is 0.254 e. The van der Waals surface area contributed by atoms with Crippen molar-refractivity contribution in [3.05, 3.63) is 72.4 Å². The molecule has 0 bridgehead atoms. The standard InChI is InChI=1S/C21H20N6O3/c1-14(20-8-9-30-23-20)26(2)21(28)17-10-16(15-4-6-19(29-3)7-5-15)11-18(12-17)27-13-22-24-25-27/h4-14H,1-3H3/t14-/m1/s1. The fraction of sp³-hybridized carbons (Fsp3) is 0.190. The van der Waals surface area contributed by atoms with Crippen molar-refractivity contribution in [1.29, 1.82) is 0 Å². The van der Waals surface area contributed by atoms with E-state index < -0.39 is 0 Å². The van der Waals surface area contributed by atoms with Crippen LogP contribution in [0.15, 0.2) is 65.6 Å². The summed E-state index contributed by atoms with van der Waals surface area (Å²) >= 11 is 0. The average Bonchev–Trinajstić information content (AvgIpc) is 3.52. The van der Waals surface area contributed by atoms with E-state index in [4.69, 9.17) is 9.26 Å². The van der Waals surface area contributed by atoms with Crippen molar-refractivity contribution in [2.75, 3.05) is 14.2 Å². The van der Waals surface area contributed by atoms with E-state index in [1.807, 2.05) is 43.3 Å². The number of methoxy groups -OCH3 is 1. The highest BCUT2D eigenvalue weighted by Gasteiger charge is 2.22. The highest BCUT2D eigenvalue weighted by molar-refractivity contribution is 5.96. The van der Waals surface area contributed by atoms with E-state index in [2.05, 4.69) is 20.7 Å². The van der Waals surface area contributed by atoms with Gasteiger partial charge < -0.3 is 14.2 Å². The maximum absolute atomic E-state index is 13.3. The first-order valence-electron chi connectivity index (χ1n) is 9.27. The molecular weight excluding hydrogens is 384 g/mol. The zero-order valence-corrected chi connectivity index (χ0v) is 16.8. The van der Waals surface area contributed by atoms with E-state index in [1.165, 1.54) is 17.3 Å². The van der Waals surface area contributed by atoms with Crippen LogP contribution in [0.25, 0.3) is 16.8 Å². The molecular formula is C21H20N6O3. The minimum absolute atomic E-state index is 0.157. The molecule has 0 aliphatic carbocycles. The Morgan fingerprint density at radius 2 is 1.93 bits per heavy atom. The number of rotatable bonds is 6. The van der Waals surface area contributed by atoms with Gasteiger partial charge in [0.1, 0.15) is 24.0 Å². The molecule has 0 spiro atoms. The van der Waals surface area contributed by atoms with Crippen LogP contribution in [0.3, 0.4) is 0 Å². The molecule has 30 heavy (non-hydrogen) atoms. The maximum Gasteiger partial charge on any atom is 0.254 e. The number of tetrazole rings is 1. The molecule has 9 heteroatoms. The first-order chi connectivity index (χ1) is 14.6. The average molecular weight is 404 g/mol. The van der Waals surface area contributed by atoms with Gasteiger partial charge in [-0.15, -0.1) is 5.10 Å². The quantitative estimate of drug-likeness (QED) is 0.487. The monoisotopic (exact) mass is 404 g/mol. The predicted molar refractivity (Wildman–Crippen MR) is 108 cm³/mol. The number of ether oxygens (including phenoxy) is 1. The molecule has 2 heterocycles. The van der Waals surface area contributed by atoms with Crippen LogP contribution in [-0.4, -0.2) is 50.3 Å². The Balaban J connectivity index is 1.74. The summed E-state index contributed by atoms with van der Waals surface area (Å²) in [6.45, 7) is 1.89. The molecule has 0 N–H and O–H groups in total. The number of nitrogens with zero attached hydrogens (tertiary/aromatic N) is 6. The molecule has 152 valence electrons. The Kier molecular flexibility index (Phi) is 5.25. The van der Waals surface area contributed by atoms with Crippen molar-refractivity contribution in [2.45, 2.75) is 13.0 Å². The number of hydrogen-bond donors (Lipinski definition) is 0. The number of carbonyl (C=O) groups is 1. The van der Waals surface area contributed by atoms with E-state index in [-0.39, 0.29) is 11.9 Å². The number of carbonyl (C=O) groups excluding carboxylic acids is 1. The van der Waals surface area contributed by atoms with Gasteiger partial charge in [-0.3, -0.25) is 4.79 Å². The molecule has 2 aromatic heterocycles. The third-order valence-electron chi connectivity index (χ3n) is 4.99. The first kappa shape index (κ1) is 19.3. The fourth-order valence-corrected chi connectivity index (χ4v) is 3.11. The predicted octanol–water partition coefficient (Wildman–Crippen LogP) is 3.16. The Morgan fingerprint density at radius 3 is 2.57 bits per heavy atom. The summed E-state index contributed by atoms with van der Waals surface area (Å²) in [4.78, 5) is 14.9. The molecule has 2 aromatic carbocycles. The van der Waals surface area contributed by atoms with Crippen molar-refractivity contribution < 1.29 is 14.1 Å². The second-order valence-corrected chi connectivity index (χ2v) is 6.77. The van der Waals surface area contributed by atoms with E-state index in [0.717, 1.165) is 16.9 Å². The minimum atomic E-state index is -0.252. The lowest BCUT2D eigenvalue weighted by Gasteiger charge is -2.23. The topological polar surface area (TPSA) is 99.2 Å². The van der Waals surface area contributed by atoms with Gasteiger partial charge in [-0.25, -0.2) is 4.68 Å². The van der Waals surface area contributed by atoms with Gasteiger partial charge in [-0.1, -0.05) is 17.3 Å². The van der Waals surface area contributed by atoms with Crippen LogP contribution in [0.5, 0.6) is 5.75 Å². The molecule has 0 saturated carbocycles. The van der Waals surface area contributed by atoms with Gasteiger partial charge >= 0.3 is 0 Å². The summed E-state index contributed by atoms with van der Waals surface area (Å²) in [6.07, 6.45) is 2.98. The lowest BCUT2D eigenvalue weighted by molar-refractivity contribution is 0.0737. The lowest BCUT2D eigenvalue weighted by Crippen LogP contribution is -2.30. The van der Waals surface area contributed by atoms with Gasteiger partial charge in [0.15, 0.2) is 0 Å². The first-order valence-corrected chi connectivity index (χ1v) is 9.27. The van der Waals surface area contributed by atoms with Gasteiger partial charge in [0.25, 0.3) is 5.91 Å². The van der Waals surface area contributed by atoms with Crippen molar-refractivity contribution in [1.82, 2.24) is 30.3 Å². The second kappa shape index (κ2) is 8.16. The second-order valence-electron chi connectivity index (χ2n) is 6.77. The Morgan fingerprint density at radius 1 is 1.13 bits per heavy atom. The highest BCUT2D eigenvalue weighted by atomic mass is 16.5. The van der Waals surface area contributed by atoms with Crippen LogP contribution in [0.4, 0.5) is 0 Å². The van der Waals surface area contributed by atoms with Crippen molar-refractivity contribution in [2.24, 2.45) is 0 Å². The minimum Gasteiger partial charge on any atom is -0.497 e. The van der Waals surface area contributed by atoms with Crippen LogP contribution < -0.4 is 4.74 Å². The Hall–Kier alpha value is -4.01. The lowest BCUT2D eigenvalue weighted by atomic mass is 10.0. The van der Waals surface area contributed by atoms with Crippen molar-refractivity contribution in [3.63, 3.8) is 0 Å². The van der Waals surface area contributed by atoms with Crippen LogP contribution in [0.1, 0.15) is 29.0 Å². The SMILES string of the molecule is COc1ccc(-c2cc(C(=O)N(C)[C@H](C)c3ccon3)cc(-n3cnnn3)c2)cc1. The number of aromatic nitrogens is 5. The number of amides is 1. The molecule has 9 nitrogen and oxygen atoms in total. The molecule has 4 rings (SSSR count). The largest absolute Gasteiger partial charge is 0.497 e. The zero-order chi connectivity index (χ0) is 21.1. The number of hydrogen-bond acceptors (Lipinski definition) is 7. The summed E-state index contributed by atoms with van der Waals surface area (Å²) in [5.41, 5.74) is 3.66. The third-order valence-corrected chi connectivity index (χ3v) is 4.99. The van der Waals surface area contributed by atoms with Gasteiger partial charge in [-0.05, 0) is 58.8 Å². The maximum atomic E-state index is 13.3. The Labute approximate surface area is 172 Å². The molecule has 0 fully saturated rings. The van der Waals surface area contributed by atoms with Gasteiger partial charge in [0.05, 0.1) is 18.8 Å². The molecule has 0 saturated heterocycles. The highest BCUT2D eigenvalue weighted by Crippen LogP contribution is 2.28. The summed E-state index contributed by atoms with van der Waals surface area (Å²) < 4.78 is 11.7. The summed E-state index contributed by atoms with van der Waals surface area (Å²) in [6, 6.07) is 14.7. The normalized spacial score (nSPS) is 11.8. The van der Waals surface area contributed by atoms with Crippen molar-refractivity contribution >= 4 is 5.91 Å². The molecule has 0 aliphatic rings. The third kappa shape index (κ3) is 3.77. The van der Waals surface area contributed by atoms with Crippen LogP contribution in [0.2, 0.25) is 0 Å². The Bertz CT molecular complexity index is 1120. The molecule has 0 radical (unpaired) electrons. The van der Waals surface area contributed by atoms with Gasteiger partial charge in [0.2, 0.25) is 0 Å². The van der Waals surface area contributed by atoms with E-state index >= 15 is 0 Å². The van der Waals surface area contributed by atoms with Crippen LogP contribution in [0, 0.1) is 0 Å². The van der Waals surface area contributed by atoms with E-state index in [9.17, 15) is 4.79 Å². The molecule has 0 unspecified atom stereocenters.